The van der Waals surface area contributed by atoms with Gasteiger partial charge in [0.05, 0.1) is 23.9 Å². The van der Waals surface area contributed by atoms with Crippen molar-refractivity contribution >= 4 is 23.0 Å². The summed E-state index contributed by atoms with van der Waals surface area (Å²) in [5.41, 5.74) is 5.38. The first-order valence-corrected chi connectivity index (χ1v) is 12.2. The highest BCUT2D eigenvalue weighted by Gasteiger charge is 2.42. The molecule has 0 radical (unpaired) electrons. The molecule has 0 amide bonds. The molecule has 1 saturated heterocycles. The predicted octanol–water partition coefficient (Wildman–Crippen LogP) is 5.85. The molecule has 1 aromatic carbocycles. The largest absolute Gasteiger partial charge is 0.491 e. The number of aromatic nitrogens is 3. The van der Waals surface area contributed by atoms with E-state index >= 15 is 0 Å². The zero-order valence-electron chi connectivity index (χ0n) is 20.3. The third kappa shape index (κ3) is 4.39. The van der Waals surface area contributed by atoms with Gasteiger partial charge in [0.2, 0.25) is 0 Å². The van der Waals surface area contributed by atoms with Crippen LogP contribution in [0, 0.1) is 13.8 Å². The highest BCUT2D eigenvalue weighted by molar-refractivity contribution is 7.80. The summed E-state index contributed by atoms with van der Waals surface area (Å²) in [4.78, 5) is 11.5. The Morgan fingerprint density at radius 1 is 0.943 bits per heavy atom. The smallest absolute Gasteiger partial charge is 0.174 e. The van der Waals surface area contributed by atoms with Crippen molar-refractivity contribution in [3.05, 3.63) is 102 Å². The van der Waals surface area contributed by atoms with Crippen molar-refractivity contribution < 1.29 is 4.74 Å². The summed E-state index contributed by atoms with van der Waals surface area (Å²) in [6, 6.07) is 22.2. The fourth-order valence-electron chi connectivity index (χ4n) is 4.83. The van der Waals surface area contributed by atoms with Crippen LogP contribution >= 0.6 is 12.2 Å². The molecule has 35 heavy (non-hydrogen) atoms. The zero-order chi connectivity index (χ0) is 24.5. The summed E-state index contributed by atoms with van der Waals surface area (Å²) in [7, 11) is 0. The second kappa shape index (κ2) is 9.50. The number of nitrogens with one attached hydrogen (secondary N) is 1. The van der Waals surface area contributed by atoms with Crippen LogP contribution in [0.5, 0.6) is 5.75 Å². The van der Waals surface area contributed by atoms with Gasteiger partial charge in [-0.2, -0.15) is 0 Å². The summed E-state index contributed by atoms with van der Waals surface area (Å²) >= 11 is 5.89. The molecule has 178 valence electrons. The average Bonchev–Trinajstić information content (AvgIpc) is 3.35. The second-order valence-corrected chi connectivity index (χ2v) is 9.39. The van der Waals surface area contributed by atoms with E-state index in [1.54, 1.807) is 0 Å². The number of nitrogens with zero attached hydrogens (tertiary/aromatic N) is 4. The minimum atomic E-state index is -0.104. The van der Waals surface area contributed by atoms with E-state index in [1.807, 2.05) is 74.8 Å². The average molecular weight is 484 g/mol. The van der Waals surface area contributed by atoms with Crippen molar-refractivity contribution in [3.63, 3.8) is 0 Å². The van der Waals surface area contributed by atoms with Gasteiger partial charge >= 0.3 is 0 Å². The van der Waals surface area contributed by atoms with Crippen LogP contribution in [0.15, 0.2) is 79.1 Å². The Labute approximate surface area is 211 Å². The van der Waals surface area contributed by atoms with Gasteiger partial charge in [0, 0.05) is 29.5 Å². The van der Waals surface area contributed by atoms with Gasteiger partial charge in [0.1, 0.15) is 11.6 Å². The summed E-state index contributed by atoms with van der Waals surface area (Å²) in [5.74, 6) is 1.74. The molecule has 0 spiro atoms. The first-order valence-electron chi connectivity index (χ1n) is 11.8. The van der Waals surface area contributed by atoms with Crippen LogP contribution in [0.4, 0.5) is 5.69 Å². The summed E-state index contributed by atoms with van der Waals surface area (Å²) < 4.78 is 8.06. The van der Waals surface area contributed by atoms with E-state index in [2.05, 4.69) is 56.8 Å². The number of rotatable bonds is 6. The number of benzene rings is 1. The Balaban J connectivity index is 1.62. The molecule has 1 aliphatic rings. The molecule has 0 saturated carbocycles. The topological polar surface area (TPSA) is 55.2 Å². The van der Waals surface area contributed by atoms with E-state index in [4.69, 9.17) is 17.0 Å². The van der Waals surface area contributed by atoms with Gasteiger partial charge < -0.3 is 19.5 Å². The molecule has 4 aromatic rings. The van der Waals surface area contributed by atoms with E-state index in [0.29, 0.717) is 5.11 Å². The molecule has 5 rings (SSSR count). The van der Waals surface area contributed by atoms with E-state index in [0.717, 1.165) is 34.3 Å². The molecular weight excluding hydrogens is 454 g/mol. The van der Waals surface area contributed by atoms with Crippen LogP contribution in [0.2, 0.25) is 0 Å². The van der Waals surface area contributed by atoms with E-state index in [1.165, 1.54) is 5.56 Å². The number of hydrogen-bond acceptors (Lipinski definition) is 4. The maximum Gasteiger partial charge on any atom is 0.174 e. The third-order valence-electron chi connectivity index (χ3n) is 6.25. The Hall–Kier alpha value is -3.71. The summed E-state index contributed by atoms with van der Waals surface area (Å²) in [6.07, 6.45) is 3.77. The van der Waals surface area contributed by atoms with Crippen molar-refractivity contribution in [2.75, 3.05) is 4.90 Å². The van der Waals surface area contributed by atoms with Crippen LogP contribution in [0.25, 0.3) is 5.82 Å². The van der Waals surface area contributed by atoms with Crippen molar-refractivity contribution in [3.8, 4) is 11.6 Å². The van der Waals surface area contributed by atoms with Gasteiger partial charge in [-0.15, -0.1) is 0 Å². The van der Waals surface area contributed by atoms with E-state index in [-0.39, 0.29) is 18.2 Å². The number of hydrogen-bond donors (Lipinski definition) is 1. The summed E-state index contributed by atoms with van der Waals surface area (Å²) in [5, 5.41) is 4.22. The highest BCUT2D eigenvalue weighted by Crippen LogP contribution is 2.43. The Bertz CT molecular complexity index is 1320. The number of thiocarbonyl (C=S) groups is 1. The van der Waals surface area contributed by atoms with Crippen LogP contribution in [-0.4, -0.2) is 25.8 Å². The van der Waals surface area contributed by atoms with Gasteiger partial charge in [0.15, 0.2) is 5.11 Å². The lowest BCUT2D eigenvalue weighted by Crippen LogP contribution is -2.29. The number of pyridine rings is 2. The molecular formula is C28H29N5OS. The Morgan fingerprint density at radius 2 is 1.66 bits per heavy atom. The lowest BCUT2D eigenvalue weighted by molar-refractivity contribution is 0.242. The van der Waals surface area contributed by atoms with Crippen molar-refractivity contribution in [1.82, 2.24) is 19.9 Å². The first-order chi connectivity index (χ1) is 16.9. The van der Waals surface area contributed by atoms with E-state index in [9.17, 15) is 0 Å². The SMILES string of the molecule is Cc1cc([C@H]2[C@@H](c3ccccn3)NC(=S)N2c2ccc(OC(C)C)cc2)c(C)n1-c1ccccn1. The minimum absolute atomic E-state index is 0.0853. The number of ether oxygens (including phenoxy) is 1. The van der Waals surface area contributed by atoms with Crippen molar-refractivity contribution in [1.29, 1.82) is 0 Å². The van der Waals surface area contributed by atoms with Crippen LogP contribution < -0.4 is 15.0 Å². The van der Waals surface area contributed by atoms with Gasteiger partial charge in [-0.1, -0.05) is 12.1 Å². The third-order valence-corrected chi connectivity index (χ3v) is 6.57. The monoisotopic (exact) mass is 483 g/mol. The van der Waals surface area contributed by atoms with Crippen molar-refractivity contribution in [2.24, 2.45) is 0 Å². The fourth-order valence-corrected chi connectivity index (χ4v) is 5.18. The van der Waals surface area contributed by atoms with Gasteiger partial charge in [-0.05, 0) is 100 Å². The fraction of sp³-hybridized carbons (Fsp3) is 0.250. The first kappa shape index (κ1) is 23.1. The molecule has 3 aromatic heterocycles. The van der Waals surface area contributed by atoms with Crippen LogP contribution in [-0.2, 0) is 0 Å². The Morgan fingerprint density at radius 3 is 2.29 bits per heavy atom. The van der Waals surface area contributed by atoms with E-state index < -0.39 is 0 Å². The van der Waals surface area contributed by atoms with Crippen molar-refractivity contribution in [2.45, 2.75) is 45.9 Å². The minimum Gasteiger partial charge on any atom is -0.491 e. The molecule has 6 nitrogen and oxygen atoms in total. The zero-order valence-corrected chi connectivity index (χ0v) is 21.2. The molecule has 2 atom stereocenters. The lowest BCUT2D eigenvalue weighted by Gasteiger charge is -2.28. The van der Waals surface area contributed by atoms with Crippen LogP contribution in [0.3, 0.4) is 0 Å². The highest BCUT2D eigenvalue weighted by atomic mass is 32.1. The molecule has 0 unspecified atom stereocenters. The van der Waals surface area contributed by atoms with Gasteiger partial charge in [-0.25, -0.2) is 4.98 Å². The quantitative estimate of drug-likeness (QED) is 0.347. The maximum absolute atomic E-state index is 5.89. The molecule has 7 heteroatoms. The standard InChI is InChI=1S/C28H29N5OS/c1-18(2)34-22-13-11-21(12-14-22)33-27(26(31-28(33)35)24-9-5-7-15-29-24)23-17-19(3)32(20(23)4)25-10-6-8-16-30-25/h5-18,26-27H,1-4H3,(H,31,35)/t26-,27+/m1/s1. The molecule has 1 fully saturated rings. The normalized spacial score (nSPS) is 17.6. The second-order valence-electron chi connectivity index (χ2n) is 9.01. The molecule has 0 aliphatic carbocycles. The maximum atomic E-state index is 5.89. The predicted molar refractivity (Wildman–Crippen MR) is 143 cm³/mol. The number of anilines is 1. The van der Waals surface area contributed by atoms with Gasteiger partial charge in [0.25, 0.3) is 0 Å². The number of aryl methyl sites for hydroxylation is 1. The molecule has 0 bridgehead atoms. The molecule has 4 heterocycles. The molecule has 1 N–H and O–H groups in total. The van der Waals surface area contributed by atoms with Crippen LogP contribution in [0.1, 0.15) is 48.6 Å². The van der Waals surface area contributed by atoms with Gasteiger partial charge in [-0.3, -0.25) is 4.98 Å². The lowest BCUT2D eigenvalue weighted by atomic mass is 9.96. The molecule has 1 aliphatic heterocycles. The summed E-state index contributed by atoms with van der Waals surface area (Å²) in [6.45, 7) is 8.31. The Kier molecular flexibility index (Phi) is 6.26.